The molecular formula is C16H27N3O3. The first kappa shape index (κ1) is 16.8. The lowest BCUT2D eigenvalue weighted by molar-refractivity contribution is 0.0367. The van der Waals surface area contributed by atoms with Crippen molar-refractivity contribution in [3.8, 4) is 0 Å². The summed E-state index contributed by atoms with van der Waals surface area (Å²) >= 11 is 0. The van der Waals surface area contributed by atoms with Crippen LogP contribution in [0.4, 0.5) is 4.79 Å². The molecule has 1 saturated carbocycles. The van der Waals surface area contributed by atoms with Gasteiger partial charge in [-0.3, -0.25) is 0 Å². The molecule has 6 nitrogen and oxygen atoms in total. The van der Waals surface area contributed by atoms with Gasteiger partial charge >= 0.3 is 6.03 Å². The average Bonchev–Trinajstić information content (AvgIpc) is 3.17. The van der Waals surface area contributed by atoms with Gasteiger partial charge in [0.2, 0.25) is 0 Å². The Balaban J connectivity index is 1.63. The quantitative estimate of drug-likeness (QED) is 0.716. The smallest absolute Gasteiger partial charge is 0.314 e. The first-order valence-electron chi connectivity index (χ1n) is 7.97. The van der Waals surface area contributed by atoms with Crippen molar-refractivity contribution < 1.29 is 14.3 Å². The molecule has 0 aliphatic heterocycles. The molecule has 1 aliphatic rings. The molecule has 1 aromatic rings. The predicted octanol–water partition coefficient (Wildman–Crippen LogP) is 1.66. The Morgan fingerprint density at radius 1 is 1.45 bits per heavy atom. The third kappa shape index (κ3) is 4.74. The van der Waals surface area contributed by atoms with E-state index in [2.05, 4.69) is 22.6 Å². The van der Waals surface area contributed by atoms with Gasteiger partial charge in [0.05, 0.1) is 12.8 Å². The van der Waals surface area contributed by atoms with E-state index >= 15 is 0 Å². The van der Waals surface area contributed by atoms with Gasteiger partial charge in [0, 0.05) is 19.1 Å². The largest absolute Gasteiger partial charge is 0.466 e. The van der Waals surface area contributed by atoms with E-state index in [0.717, 1.165) is 6.54 Å². The van der Waals surface area contributed by atoms with Crippen molar-refractivity contribution in [2.24, 2.45) is 0 Å². The molecule has 0 spiro atoms. The summed E-state index contributed by atoms with van der Waals surface area (Å²) in [6.07, 6.45) is 6.64. The minimum absolute atomic E-state index is 0.102. The summed E-state index contributed by atoms with van der Waals surface area (Å²) in [5, 5.41) is 15.7. The topological polar surface area (TPSA) is 77.7 Å². The number of carbonyl (C=O) groups is 1. The van der Waals surface area contributed by atoms with Gasteiger partial charge < -0.3 is 25.1 Å². The van der Waals surface area contributed by atoms with Crippen molar-refractivity contribution in [2.75, 3.05) is 26.7 Å². The lowest BCUT2D eigenvalue weighted by Gasteiger charge is -2.24. The van der Waals surface area contributed by atoms with Gasteiger partial charge in [0.1, 0.15) is 11.4 Å². The molecule has 2 rings (SSSR count). The van der Waals surface area contributed by atoms with Crippen molar-refractivity contribution in [3.05, 3.63) is 24.2 Å². The van der Waals surface area contributed by atoms with E-state index in [-0.39, 0.29) is 12.6 Å². The first-order valence-corrected chi connectivity index (χ1v) is 7.97. The van der Waals surface area contributed by atoms with Crippen LogP contribution in [0.25, 0.3) is 0 Å². The summed E-state index contributed by atoms with van der Waals surface area (Å²) in [4.78, 5) is 14.1. The maximum absolute atomic E-state index is 11.8. The lowest BCUT2D eigenvalue weighted by Crippen LogP contribution is -2.45. The monoisotopic (exact) mass is 309 g/mol. The van der Waals surface area contributed by atoms with E-state index in [9.17, 15) is 9.90 Å². The van der Waals surface area contributed by atoms with E-state index in [4.69, 9.17) is 4.42 Å². The molecular weight excluding hydrogens is 282 g/mol. The number of likely N-dealkylation sites (N-methyl/N-ethyl adjacent to an activating group) is 1. The number of hydrogen-bond donors (Lipinski definition) is 3. The molecule has 124 valence electrons. The van der Waals surface area contributed by atoms with Crippen LogP contribution < -0.4 is 10.6 Å². The number of amides is 2. The summed E-state index contributed by atoms with van der Waals surface area (Å²) in [7, 11) is 2.11. The fraction of sp³-hybridized carbons (Fsp3) is 0.688. The van der Waals surface area contributed by atoms with Crippen LogP contribution >= 0.6 is 0 Å². The third-order valence-electron chi connectivity index (χ3n) is 4.34. The molecule has 22 heavy (non-hydrogen) atoms. The fourth-order valence-electron chi connectivity index (χ4n) is 2.86. The second-order valence-corrected chi connectivity index (χ2v) is 6.28. The minimum Gasteiger partial charge on any atom is -0.466 e. The van der Waals surface area contributed by atoms with Gasteiger partial charge in [-0.05, 0) is 38.9 Å². The van der Waals surface area contributed by atoms with E-state index in [1.54, 1.807) is 19.1 Å². The van der Waals surface area contributed by atoms with E-state index in [0.29, 0.717) is 18.3 Å². The zero-order valence-electron chi connectivity index (χ0n) is 13.5. The Hall–Kier alpha value is -1.53. The zero-order chi connectivity index (χ0) is 16.0. The van der Waals surface area contributed by atoms with Crippen molar-refractivity contribution >= 4 is 6.03 Å². The summed E-state index contributed by atoms with van der Waals surface area (Å²) in [5.74, 6) is 0.439. The summed E-state index contributed by atoms with van der Waals surface area (Å²) in [5.41, 5.74) is -1.21. The normalized spacial score (nSPS) is 18.4. The molecule has 0 radical (unpaired) electrons. The fourth-order valence-corrected chi connectivity index (χ4v) is 2.86. The second-order valence-electron chi connectivity index (χ2n) is 6.28. The SMILES string of the molecule is CN(CCNC(=O)NCC(C)(O)c1ccco1)C1CCCC1. The standard InChI is InChI=1S/C16H27N3O3/c1-16(21,14-8-5-11-22-14)12-18-15(20)17-9-10-19(2)13-6-3-4-7-13/h5,8,11,13,21H,3-4,6-7,9-10,12H2,1-2H3,(H2,17,18,20). The number of nitrogens with zero attached hydrogens (tertiary/aromatic N) is 1. The van der Waals surface area contributed by atoms with Crippen molar-refractivity contribution in [3.63, 3.8) is 0 Å². The molecule has 1 aliphatic carbocycles. The highest BCUT2D eigenvalue weighted by molar-refractivity contribution is 5.73. The van der Waals surface area contributed by atoms with E-state index in [1.807, 2.05) is 0 Å². The van der Waals surface area contributed by atoms with Gasteiger partial charge in [-0.25, -0.2) is 4.79 Å². The highest BCUT2D eigenvalue weighted by atomic mass is 16.4. The number of furan rings is 1. The van der Waals surface area contributed by atoms with Gasteiger partial charge in [0.25, 0.3) is 0 Å². The average molecular weight is 309 g/mol. The Morgan fingerprint density at radius 3 is 2.82 bits per heavy atom. The molecule has 1 unspecified atom stereocenters. The van der Waals surface area contributed by atoms with Gasteiger partial charge in [-0.2, -0.15) is 0 Å². The lowest BCUT2D eigenvalue weighted by atomic mass is 10.0. The van der Waals surface area contributed by atoms with Crippen molar-refractivity contribution in [1.82, 2.24) is 15.5 Å². The molecule has 2 amide bonds. The minimum atomic E-state index is -1.21. The maximum Gasteiger partial charge on any atom is 0.314 e. The van der Waals surface area contributed by atoms with Crippen LogP contribution in [-0.2, 0) is 5.60 Å². The number of urea groups is 1. The van der Waals surface area contributed by atoms with Crippen LogP contribution in [-0.4, -0.2) is 48.8 Å². The molecule has 0 bridgehead atoms. The van der Waals surface area contributed by atoms with Crippen LogP contribution in [0, 0.1) is 0 Å². The Kier molecular flexibility index (Phi) is 5.85. The molecule has 6 heteroatoms. The van der Waals surface area contributed by atoms with Crippen molar-refractivity contribution in [1.29, 1.82) is 0 Å². The summed E-state index contributed by atoms with van der Waals surface area (Å²) < 4.78 is 5.17. The summed E-state index contributed by atoms with van der Waals surface area (Å²) in [6.45, 7) is 3.15. The second kappa shape index (κ2) is 7.65. The van der Waals surface area contributed by atoms with Gasteiger partial charge in [0.15, 0.2) is 0 Å². The van der Waals surface area contributed by atoms with Crippen molar-refractivity contribution in [2.45, 2.75) is 44.2 Å². The molecule has 0 aromatic carbocycles. The molecule has 1 heterocycles. The molecule has 1 aromatic heterocycles. The third-order valence-corrected chi connectivity index (χ3v) is 4.34. The molecule has 1 fully saturated rings. The van der Waals surface area contributed by atoms with E-state index < -0.39 is 5.60 Å². The van der Waals surface area contributed by atoms with Gasteiger partial charge in [-0.1, -0.05) is 12.8 Å². The van der Waals surface area contributed by atoms with E-state index in [1.165, 1.54) is 31.9 Å². The van der Waals surface area contributed by atoms with Gasteiger partial charge in [-0.15, -0.1) is 0 Å². The summed E-state index contributed by atoms with van der Waals surface area (Å²) in [6, 6.07) is 3.79. The number of hydrogen-bond acceptors (Lipinski definition) is 4. The zero-order valence-corrected chi connectivity index (χ0v) is 13.5. The maximum atomic E-state index is 11.8. The Labute approximate surface area is 131 Å². The molecule has 0 saturated heterocycles. The number of carbonyl (C=O) groups excluding carboxylic acids is 1. The van der Waals surface area contributed by atoms with Crippen LogP contribution in [0.15, 0.2) is 22.8 Å². The Bertz CT molecular complexity index is 453. The Morgan fingerprint density at radius 2 is 2.18 bits per heavy atom. The number of nitrogens with one attached hydrogen (secondary N) is 2. The first-order chi connectivity index (χ1) is 10.5. The highest BCUT2D eigenvalue weighted by Crippen LogP contribution is 2.22. The highest BCUT2D eigenvalue weighted by Gasteiger charge is 2.26. The number of rotatable bonds is 7. The molecule has 1 atom stereocenters. The molecule has 3 N–H and O–H groups in total. The predicted molar refractivity (Wildman–Crippen MR) is 84.6 cm³/mol. The van der Waals surface area contributed by atoms with Crippen LogP contribution in [0.3, 0.4) is 0 Å². The van der Waals surface area contributed by atoms with Crippen LogP contribution in [0.1, 0.15) is 38.4 Å². The van der Waals surface area contributed by atoms with Crippen LogP contribution in [0.5, 0.6) is 0 Å². The van der Waals surface area contributed by atoms with Crippen LogP contribution in [0.2, 0.25) is 0 Å². The number of aliphatic hydroxyl groups is 1.